The van der Waals surface area contributed by atoms with E-state index in [1.165, 1.54) is 5.56 Å². The number of carbonyl (C=O) groups is 1. The lowest BCUT2D eigenvalue weighted by molar-refractivity contribution is -0.132. The summed E-state index contributed by atoms with van der Waals surface area (Å²) in [6, 6.07) is 4.57. The van der Waals surface area contributed by atoms with E-state index in [1.807, 2.05) is 12.3 Å². The van der Waals surface area contributed by atoms with Gasteiger partial charge < -0.3 is 9.64 Å². The molecule has 5 nitrogen and oxygen atoms in total. The molecule has 0 radical (unpaired) electrons. The number of rotatable bonds is 4. The summed E-state index contributed by atoms with van der Waals surface area (Å²) in [7, 11) is 0. The minimum absolute atomic E-state index is 0.176. The first-order valence-corrected chi connectivity index (χ1v) is 9.28. The highest BCUT2D eigenvalue weighted by atomic mass is 16.5. The molecule has 0 bridgehead atoms. The lowest BCUT2D eigenvalue weighted by Crippen LogP contribution is -2.47. The van der Waals surface area contributed by atoms with Gasteiger partial charge in [0.05, 0.1) is 13.2 Å². The Bertz CT molecular complexity index is 573. The van der Waals surface area contributed by atoms with Crippen molar-refractivity contribution in [2.75, 3.05) is 39.4 Å². The summed E-state index contributed by atoms with van der Waals surface area (Å²) in [6.45, 7) is 7.73. The molecule has 0 N–H and O–H groups in total. The van der Waals surface area contributed by atoms with Crippen LogP contribution in [0.5, 0.6) is 0 Å². The molecule has 0 spiro atoms. The minimum atomic E-state index is 0.176. The van der Waals surface area contributed by atoms with Gasteiger partial charge in [-0.05, 0) is 29.9 Å². The van der Waals surface area contributed by atoms with E-state index in [0.29, 0.717) is 23.8 Å². The van der Waals surface area contributed by atoms with Crippen molar-refractivity contribution in [3.05, 3.63) is 30.1 Å². The van der Waals surface area contributed by atoms with Crippen molar-refractivity contribution in [2.24, 2.45) is 11.8 Å². The third kappa shape index (κ3) is 3.07. The van der Waals surface area contributed by atoms with Gasteiger partial charge in [0.25, 0.3) is 0 Å². The van der Waals surface area contributed by atoms with E-state index >= 15 is 0 Å². The Hall–Kier alpha value is -1.46. The first kappa shape index (κ1) is 16.0. The molecule has 2 aliphatic heterocycles. The highest BCUT2D eigenvalue weighted by Gasteiger charge is 2.48. The van der Waals surface area contributed by atoms with Gasteiger partial charge in [-0.25, -0.2) is 0 Å². The summed E-state index contributed by atoms with van der Waals surface area (Å²) in [5.41, 5.74) is 1.21. The highest BCUT2D eigenvalue weighted by Crippen LogP contribution is 2.48. The quantitative estimate of drug-likeness (QED) is 0.844. The molecule has 0 aromatic carbocycles. The number of amides is 1. The third-order valence-corrected chi connectivity index (χ3v) is 5.98. The first-order chi connectivity index (χ1) is 11.8. The van der Waals surface area contributed by atoms with Gasteiger partial charge in [0, 0.05) is 50.5 Å². The molecule has 24 heavy (non-hydrogen) atoms. The van der Waals surface area contributed by atoms with Crippen LogP contribution in [0.15, 0.2) is 24.5 Å². The normalized spacial score (nSPS) is 33.6. The summed E-state index contributed by atoms with van der Waals surface area (Å²) in [4.78, 5) is 21.8. The second-order valence-corrected chi connectivity index (χ2v) is 7.36. The maximum Gasteiger partial charge on any atom is 0.226 e. The molecule has 1 amide bonds. The highest BCUT2D eigenvalue weighted by molar-refractivity contribution is 5.83. The second kappa shape index (κ2) is 6.81. The van der Waals surface area contributed by atoms with Crippen molar-refractivity contribution in [1.29, 1.82) is 0 Å². The molecule has 1 aliphatic carbocycles. The lowest BCUT2D eigenvalue weighted by atomic mass is 9.99. The maximum absolute atomic E-state index is 12.9. The van der Waals surface area contributed by atoms with Crippen LogP contribution in [0.25, 0.3) is 0 Å². The van der Waals surface area contributed by atoms with Crippen LogP contribution >= 0.6 is 0 Å². The van der Waals surface area contributed by atoms with Crippen LogP contribution in [0.4, 0.5) is 0 Å². The molecule has 4 rings (SSSR count). The Morgan fingerprint density at radius 2 is 2.17 bits per heavy atom. The number of nitrogens with zero attached hydrogens (tertiary/aromatic N) is 3. The Morgan fingerprint density at radius 1 is 1.33 bits per heavy atom. The molecule has 5 heteroatoms. The number of pyridine rings is 1. The van der Waals surface area contributed by atoms with Crippen molar-refractivity contribution in [1.82, 2.24) is 14.8 Å². The Balaban J connectivity index is 1.39. The molecule has 1 aromatic rings. The van der Waals surface area contributed by atoms with E-state index in [2.05, 4.69) is 27.8 Å². The Labute approximate surface area is 144 Å². The van der Waals surface area contributed by atoms with Gasteiger partial charge in [-0.15, -0.1) is 0 Å². The van der Waals surface area contributed by atoms with Gasteiger partial charge in [0.15, 0.2) is 0 Å². The van der Waals surface area contributed by atoms with Crippen LogP contribution in [-0.4, -0.2) is 66.1 Å². The standard InChI is InChI=1S/C19H27N3O2/c1-2-14-12-22(13-18(14)21-6-8-24-9-7-21)19(23)17-10-16(17)15-4-3-5-20-11-15/h3-5,11,14,16-18H,2,6-10,12-13H2,1H3. The van der Waals surface area contributed by atoms with Crippen molar-refractivity contribution < 1.29 is 9.53 Å². The number of morpholine rings is 1. The van der Waals surface area contributed by atoms with Crippen molar-refractivity contribution in [2.45, 2.75) is 31.7 Å². The molecule has 2 saturated heterocycles. The van der Waals surface area contributed by atoms with E-state index in [-0.39, 0.29) is 5.92 Å². The average Bonchev–Trinajstić information content (AvgIpc) is 3.33. The largest absolute Gasteiger partial charge is 0.379 e. The topological polar surface area (TPSA) is 45.7 Å². The summed E-state index contributed by atoms with van der Waals surface area (Å²) in [6.07, 6.45) is 5.83. The van der Waals surface area contributed by atoms with Gasteiger partial charge in [0.2, 0.25) is 5.91 Å². The lowest BCUT2D eigenvalue weighted by Gasteiger charge is -2.34. The van der Waals surface area contributed by atoms with E-state index in [1.54, 1.807) is 6.20 Å². The Kier molecular flexibility index (Phi) is 4.55. The number of aromatic nitrogens is 1. The third-order valence-electron chi connectivity index (χ3n) is 5.98. The fourth-order valence-electron chi connectivity index (χ4n) is 4.42. The maximum atomic E-state index is 12.9. The molecular formula is C19H27N3O2. The summed E-state index contributed by atoms with van der Waals surface area (Å²) in [5.74, 6) is 1.52. The molecule has 130 valence electrons. The van der Waals surface area contributed by atoms with Crippen LogP contribution in [0.2, 0.25) is 0 Å². The summed E-state index contributed by atoms with van der Waals surface area (Å²) in [5, 5.41) is 0. The van der Waals surface area contributed by atoms with Gasteiger partial charge in [0.1, 0.15) is 0 Å². The van der Waals surface area contributed by atoms with E-state index < -0.39 is 0 Å². The van der Waals surface area contributed by atoms with Gasteiger partial charge in [-0.1, -0.05) is 19.4 Å². The van der Waals surface area contributed by atoms with E-state index in [4.69, 9.17) is 4.74 Å². The van der Waals surface area contributed by atoms with E-state index in [0.717, 1.165) is 52.2 Å². The van der Waals surface area contributed by atoms with Crippen molar-refractivity contribution in [3.8, 4) is 0 Å². The van der Waals surface area contributed by atoms with Crippen molar-refractivity contribution >= 4 is 5.91 Å². The summed E-state index contributed by atoms with van der Waals surface area (Å²) >= 11 is 0. The minimum Gasteiger partial charge on any atom is -0.379 e. The molecule has 1 aromatic heterocycles. The molecule has 3 aliphatic rings. The molecular weight excluding hydrogens is 302 g/mol. The number of likely N-dealkylation sites (tertiary alicyclic amines) is 1. The number of ether oxygens (including phenoxy) is 1. The zero-order valence-electron chi connectivity index (χ0n) is 14.4. The SMILES string of the molecule is CCC1CN(C(=O)C2CC2c2cccnc2)CC1N1CCOCC1. The number of carbonyl (C=O) groups excluding carboxylic acids is 1. The smallest absolute Gasteiger partial charge is 0.226 e. The fraction of sp³-hybridized carbons (Fsp3) is 0.684. The molecule has 4 unspecified atom stereocenters. The summed E-state index contributed by atoms with van der Waals surface area (Å²) < 4.78 is 5.49. The van der Waals surface area contributed by atoms with Crippen LogP contribution in [0.1, 0.15) is 31.2 Å². The number of hydrogen-bond donors (Lipinski definition) is 0. The zero-order valence-corrected chi connectivity index (χ0v) is 14.4. The first-order valence-electron chi connectivity index (χ1n) is 9.28. The van der Waals surface area contributed by atoms with E-state index in [9.17, 15) is 4.79 Å². The predicted molar refractivity (Wildman–Crippen MR) is 91.6 cm³/mol. The predicted octanol–water partition coefficient (Wildman–Crippen LogP) is 1.75. The van der Waals surface area contributed by atoms with Gasteiger partial charge in [-0.2, -0.15) is 0 Å². The van der Waals surface area contributed by atoms with Crippen LogP contribution in [-0.2, 0) is 9.53 Å². The molecule has 3 fully saturated rings. The zero-order chi connectivity index (χ0) is 16.5. The van der Waals surface area contributed by atoms with Crippen LogP contribution < -0.4 is 0 Å². The van der Waals surface area contributed by atoms with Gasteiger partial charge >= 0.3 is 0 Å². The average molecular weight is 329 g/mol. The fourth-order valence-corrected chi connectivity index (χ4v) is 4.42. The molecule has 4 atom stereocenters. The molecule has 1 saturated carbocycles. The van der Waals surface area contributed by atoms with Gasteiger partial charge in [-0.3, -0.25) is 14.7 Å². The second-order valence-electron chi connectivity index (χ2n) is 7.36. The Morgan fingerprint density at radius 3 is 2.88 bits per heavy atom. The van der Waals surface area contributed by atoms with Crippen LogP contribution in [0, 0.1) is 11.8 Å². The number of hydrogen-bond acceptors (Lipinski definition) is 4. The van der Waals surface area contributed by atoms with Crippen molar-refractivity contribution in [3.63, 3.8) is 0 Å². The monoisotopic (exact) mass is 329 g/mol. The molecule has 3 heterocycles. The van der Waals surface area contributed by atoms with Crippen LogP contribution in [0.3, 0.4) is 0 Å².